The predicted octanol–water partition coefficient (Wildman–Crippen LogP) is 4.23. The maximum atomic E-state index is 2.24. The Balaban J connectivity index is 0.000000293. The van der Waals surface area contributed by atoms with Crippen LogP contribution in [0.3, 0.4) is 0 Å². The molecule has 0 saturated carbocycles. The average molecular weight is 188 g/mol. The van der Waals surface area contributed by atoms with E-state index in [1.807, 2.05) is 0 Å². The molecule has 0 saturated heterocycles. The Labute approximate surface area is 87.7 Å². The zero-order valence-electron chi connectivity index (χ0n) is 9.51. The largest absolute Gasteiger partial charge is 0.0795 e. The van der Waals surface area contributed by atoms with Crippen molar-refractivity contribution in [3.05, 3.63) is 41.0 Å². The molecule has 0 fully saturated rings. The molecule has 1 aromatic rings. The molecule has 14 heavy (non-hydrogen) atoms. The van der Waals surface area contributed by atoms with E-state index in [-0.39, 0.29) is 0 Å². The van der Waals surface area contributed by atoms with Gasteiger partial charge in [0.05, 0.1) is 0 Å². The normalized spacial score (nSPS) is 11.9. The van der Waals surface area contributed by atoms with Gasteiger partial charge in [0.1, 0.15) is 0 Å². The lowest BCUT2D eigenvalue weighted by atomic mass is 10.0. The Hall–Kier alpha value is -1.04. The van der Waals surface area contributed by atoms with Crippen molar-refractivity contribution in [3.63, 3.8) is 0 Å². The molecule has 0 aliphatic heterocycles. The van der Waals surface area contributed by atoms with E-state index < -0.39 is 0 Å². The molecule has 1 aliphatic rings. The predicted molar refractivity (Wildman–Crippen MR) is 64.5 cm³/mol. The van der Waals surface area contributed by atoms with E-state index in [1.54, 1.807) is 0 Å². The van der Waals surface area contributed by atoms with Crippen LogP contribution in [0.1, 0.15) is 43.9 Å². The van der Waals surface area contributed by atoms with Crippen LogP contribution in [0, 0.1) is 0 Å². The topological polar surface area (TPSA) is 0 Å². The first-order valence-electron chi connectivity index (χ1n) is 5.60. The molecule has 0 spiro atoms. The second kappa shape index (κ2) is 5.64. The van der Waals surface area contributed by atoms with Crippen LogP contribution in [0.25, 0.3) is 6.08 Å². The summed E-state index contributed by atoms with van der Waals surface area (Å²) in [5.41, 5.74) is 4.44. The molecular weight excluding hydrogens is 168 g/mol. The number of aryl methyl sites for hydroxylation is 1. The van der Waals surface area contributed by atoms with Gasteiger partial charge in [-0.05, 0) is 29.5 Å². The fraction of sp³-hybridized carbons (Fsp3) is 0.429. The Bertz CT molecular complexity index is 308. The van der Waals surface area contributed by atoms with Crippen molar-refractivity contribution in [2.75, 3.05) is 0 Å². The van der Waals surface area contributed by atoms with Crippen molar-refractivity contribution in [1.82, 2.24) is 0 Å². The van der Waals surface area contributed by atoms with Crippen LogP contribution in [0.5, 0.6) is 0 Å². The van der Waals surface area contributed by atoms with Gasteiger partial charge in [0.2, 0.25) is 0 Å². The fourth-order valence-electron chi connectivity index (χ4n) is 1.67. The number of allylic oxidation sites excluding steroid dienone is 1. The van der Waals surface area contributed by atoms with Gasteiger partial charge in [-0.1, -0.05) is 57.5 Å². The first-order chi connectivity index (χ1) is 6.83. The number of hydrogen-bond acceptors (Lipinski definition) is 0. The van der Waals surface area contributed by atoms with Crippen molar-refractivity contribution >= 4 is 6.08 Å². The summed E-state index contributed by atoms with van der Waals surface area (Å²) in [6, 6.07) is 6.59. The second-order valence-corrected chi connectivity index (χ2v) is 3.66. The molecular formula is C14H20. The molecule has 0 amide bonds. The Morgan fingerprint density at radius 2 is 1.86 bits per heavy atom. The highest BCUT2D eigenvalue weighted by Crippen LogP contribution is 2.23. The van der Waals surface area contributed by atoms with E-state index in [9.17, 15) is 0 Å². The number of hydrogen-bond donors (Lipinski definition) is 0. The lowest BCUT2D eigenvalue weighted by Gasteiger charge is -2.03. The molecule has 2 rings (SSSR count). The molecule has 0 unspecified atom stereocenters. The summed E-state index contributed by atoms with van der Waals surface area (Å²) >= 11 is 0. The summed E-state index contributed by atoms with van der Waals surface area (Å²) in [4.78, 5) is 0. The fourth-order valence-corrected chi connectivity index (χ4v) is 1.67. The third-order valence-corrected chi connectivity index (χ3v) is 2.29. The molecule has 0 bridgehead atoms. The first-order valence-corrected chi connectivity index (χ1v) is 5.60. The van der Waals surface area contributed by atoms with Crippen molar-refractivity contribution in [3.8, 4) is 0 Å². The summed E-state index contributed by atoms with van der Waals surface area (Å²) in [5.74, 6) is 0. The molecule has 0 atom stereocenters. The maximum Gasteiger partial charge on any atom is -0.00881 e. The summed E-state index contributed by atoms with van der Waals surface area (Å²) in [6.07, 6.45) is 8.01. The van der Waals surface area contributed by atoms with Crippen LogP contribution in [0.4, 0.5) is 0 Å². The minimum Gasteiger partial charge on any atom is -0.0795 e. The number of benzene rings is 1. The van der Waals surface area contributed by atoms with Gasteiger partial charge in [-0.15, -0.1) is 0 Å². The molecule has 0 aromatic heterocycles. The molecule has 0 nitrogen and oxygen atoms in total. The molecule has 0 heterocycles. The van der Waals surface area contributed by atoms with Crippen LogP contribution < -0.4 is 0 Å². The summed E-state index contributed by atoms with van der Waals surface area (Å²) in [5, 5.41) is 0. The van der Waals surface area contributed by atoms with Crippen LogP contribution >= 0.6 is 0 Å². The smallest absolute Gasteiger partial charge is 0.00881 e. The molecule has 0 radical (unpaired) electrons. The van der Waals surface area contributed by atoms with E-state index in [1.165, 1.54) is 23.1 Å². The van der Waals surface area contributed by atoms with Gasteiger partial charge >= 0.3 is 0 Å². The summed E-state index contributed by atoms with van der Waals surface area (Å²) < 4.78 is 0. The minimum atomic E-state index is 1.13. The van der Waals surface area contributed by atoms with E-state index in [2.05, 4.69) is 51.1 Å². The van der Waals surface area contributed by atoms with Gasteiger partial charge in [-0.2, -0.15) is 0 Å². The van der Waals surface area contributed by atoms with Crippen molar-refractivity contribution in [1.29, 1.82) is 0 Å². The van der Waals surface area contributed by atoms with Crippen LogP contribution in [-0.2, 0) is 12.8 Å². The SMILES string of the molecule is CCC.CCc1cccc2c1C=CC2. The Morgan fingerprint density at radius 1 is 1.14 bits per heavy atom. The summed E-state index contributed by atoms with van der Waals surface area (Å²) in [7, 11) is 0. The Kier molecular flexibility index (Phi) is 4.45. The van der Waals surface area contributed by atoms with Gasteiger partial charge in [-0.25, -0.2) is 0 Å². The maximum absolute atomic E-state index is 2.24. The molecule has 76 valence electrons. The monoisotopic (exact) mass is 188 g/mol. The number of rotatable bonds is 1. The lowest BCUT2D eigenvalue weighted by molar-refractivity contribution is 1.09. The Morgan fingerprint density at radius 3 is 2.50 bits per heavy atom. The van der Waals surface area contributed by atoms with Crippen LogP contribution in [0.2, 0.25) is 0 Å². The van der Waals surface area contributed by atoms with Gasteiger partial charge in [0.15, 0.2) is 0 Å². The lowest BCUT2D eigenvalue weighted by Crippen LogP contribution is -1.88. The van der Waals surface area contributed by atoms with Crippen molar-refractivity contribution in [2.24, 2.45) is 0 Å². The zero-order valence-corrected chi connectivity index (χ0v) is 9.51. The highest BCUT2D eigenvalue weighted by atomic mass is 14.1. The number of fused-ring (bicyclic) bond motifs is 1. The highest BCUT2D eigenvalue weighted by Gasteiger charge is 2.06. The highest BCUT2D eigenvalue weighted by molar-refractivity contribution is 5.63. The molecule has 1 aromatic carbocycles. The molecule has 0 heteroatoms. The van der Waals surface area contributed by atoms with Gasteiger partial charge in [-0.3, -0.25) is 0 Å². The van der Waals surface area contributed by atoms with Crippen molar-refractivity contribution < 1.29 is 0 Å². The van der Waals surface area contributed by atoms with E-state index >= 15 is 0 Å². The standard InChI is InChI=1S/C11H12.C3H8/c1-2-9-5-3-6-10-7-4-8-11(9)10;1-3-2/h3-6,8H,2,7H2,1H3;3H2,1-2H3. The zero-order chi connectivity index (χ0) is 10.4. The third-order valence-electron chi connectivity index (χ3n) is 2.29. The second-order valence-electron chi connectivity index (χ2n) is 3.66. The average Bonchev–Trinajstić information content (AvgIpc) is 2.66. The van der Waals surface area contributed by atoms with Gasteiger partial charge in [0, 0.05) is 0 Å². The van der Waals surface area contributed by atoms with Crippen LogP contribution in [-0.4, -0.2) is 0 Å². The van der Waals surface area contributed by atoms with E-state index in [0.717, 1.165) is 12.8 Å². The van der Waals surface area contributed by atoms with Crippen LogP contribution in [0.15, 0.2) is 24.3 Å². The van der Waals surface area contributed by atoms with Crippen molar-refractivity contribution in [2.45, 2.75) is 40.0 Å². The van der Waals surface area contributed by atoms with Gasteiger partial charge < -0.3 is 0 Å². The van der Waals surface area contributed by atoms with Gasteiger partial charge in [0.25, 0.3) is 0 Å². The quantitative estimate of drug-likeness (QED) is 0.618. The first kappa shape index (κ1) is 11.0. The third kappa shape index (κ3) is 2.47. The summed E-state index contributed by atoms with van der Waals surface area (Å²) in [6.45, 7) is 6.46. The minimum absolute atomic E-state index is 1.13. The van der Waals surface area contributed by atoms with E-state index in [4.69, 9.17) is 0 Å². The molecule has 1 aliphatic carbocycles. The molecule has 0 N–H and O–H groups in total. The van der Waals surface area contributed by atoms with E-state index in [0.29, 0.717) is 0 Å².